The number of carbonyl (C=O) groups is 2. The van der Waals surface area contributed by atoms with Crippen molar-refractivity contribution < 1.29 is 9.59 Å². The third kappa shape index (κ3) is 4.29. The zero-order chi connectivity index (χ0) is 20.4. The lowest BCUT2D eigenvalue weighted by Gasteiger charge is -2.15. The van der Waals surface area contributed by atoms with Crippen LogP contribution in [0.15, 0.2) is 48.5 Å². The van der Waals surface area contributed by atoms with Crippen molar-refractivity contribution in [3.63, 3.8) is 0 Å². The van der Waals surface area contributed by atoms with Gasteiger partial charge in [0.25, 0.3) is 5.91 Å². The van der Waals surface area contributed by atoms with E-state index in [4.69, 9.17) is 4.98 Å². The van der Waals surface area contributed by atoms with Crippen molar-refractivity contribution >= 4 is 28.4 Å². The number of aryl methyl sites for hydroxylation is 1. The summed E-state index contributed by atoms with van der Waals surface area (Å²) in [6.07, 6.45) is 4.44. The first kappa shape index (κ1) is 19.1. The standard InChI is InChI=1S/C24H25N3O2/c1-15-7-12-22-20(13-15)21(24(29)26-18-5-3-4-6-18)14-23(27-22)17-8-10-19(11-9-17)25-16(2)28/h7-14,18H,3-6H2,1-2H3,(H,25,28)(H,26,29). The normalized spacial score (nSPS) is 14.1. The molecule has 1 aromatic heterocycles. The number of nitrogens with zero attached hydrogens (tertiary/aromatic N) is 1. The van der Waals surface area contributed by atoms with Crippen molar-refractivity contribution in [2.24, 2.45) is 0 Å². The van der Waals surface area contributed by atoms with Gasteiger partial charge in [0.2, 0.25) is 5.91 Å². The molecule has 2 N–H and O–H groups in total. The van der Waals surface area contributed by atoms with Crippen molar-refractivity contribution in [3.8, 4) is 11.3 Å². The molecule has 0 atom stereocenters. The summed E-state index contributed by atoms with van der Waals surface area (Å²) >= 11 is 0. The average Bonchev–Trinajstić information content (AvgIpc) is 3.20. The van der Waals surface area contributed by atoms with E-state index in [0.29, 0.717) is 5.56 Å². The Morgan fingerprint density at radius 3 is 2.41 bits per heavy atom. The largest absolute Gasteiger partial charge is 0.349 e. The van der Waals surface area contributed by atoms with Crippen LogP contribution in [-0.2, 0) is 4.79 Å². The number of pyridine rings is 1. The van der Waals surface area contributed by atoms with E-state index in [2.05, 4.69) is 10.6 Å². The molecule has 1 heterocycles. The Balaban J connectivity index is 1.74. The third-order valence-corrected chi connectivity index (χ3v) is 5.40. The van der Waals surface area contributed by atoms with Crippen LogP contribution in [0.1, 0.15) is 48.5 Å². The summed E-state index contributed by atoms with van der Waals surface area (Å²) in [5.41, 5.74) is 4.93. The van der Waals surface area contributed by atoms with E-state index in [-0.39, 0.29) is 17.9 Å². The quantitative estimate of drug-likeness (QED) is 0.673. The Bertz CT molecular complexity index is 1070. The molecule has 0 spiro atoms. The fraction of sp³-hybridized carbons (Fsp3) is 0.292. The van der Waals surface area contributed by atoms with Gasteiger partial charge < -0.3 is 10.6 Å². The van der Waals surface area contributed by atoms with Crippen molar-refractivity contribution in [2.45, 2.75) is 45.6 Å². The Labute approximate surface area is 170 Å². The summed E-state index contributed by atoms with van der Waals surface area (Å²) in [5, 5.41) is 6.84. The molecular weight excluding hydrogens is 362 g/mol. The van der Waals surface area contributed by atoms with E-state index < -0.39 is 0 Å². The molecule has 1 aliphatic carbocycles. The molecule has 148 valence electrons. The predicted molar refractivity (Wildman–Crippen MR) is 116 cm³/mol. The third-order valence-electron chi connectivity index (χ3n) is 5.40. The van der Waals surface area contributed by atoms with Crippen molar-refractivity contribution in [1.82, 2.24) is 10.3 Å². The van der Waals surface area contributed by atoms with Crippen LogP contribution in [-0.4, -0.2) is 22.8 Å². The van der Waals surface area contributed by atoms with E-state index in [9.17, 15) is 9.59 Å². The molecule has 2 aromatic carbocycles. The summed E-state index contributed by atoms with van der Waals surface area (Å²) < 4.78 is 0. The average molecular weight is 387 g/mol. The van der Waals surface area contributed by atoms with Crippen molar-refractivity contribution in [3.05, 3.63) is 59.7 Å². The maximum absolute atomic E-state index is 13.1. The van der Waals surface area contributed by atoms with Crippen molar-refractivity contribution in [1.29, 1.82) is 0 Å². The summed E-state index contributed by atoms with van der Waals surface area (Å²) in [5.74, 6) is -0.145. The first-order valence-corrected chi connectivity index (χ1v) is 10.1. The molecule has 1 fully saturated rings. The molecule has 2 amide bonds. The topological polar surface area (TPSA) is 71.1 Å². The fourth-order valence-electron chi connectivity index (χ4n) is 3.94. The van der Waals surface area contributed by atoms with E-state index >= 15 is 0 Å². The van der Waals surface area contributed by atoms with Crippen LogP contribution in [0.3, 0.4) is 0 Å². The Morgan fingerprint density at radius 1 is 1.00 bits per heavy atom. The molecule has 1 saturated carbocycles. The Kier molecular flexibility index (Phi) is 5.30. The molecular formula is C24H25N3O2. The molecule has 0 unspecified atom stereocenters. The lowest BCUT2D eigenvalue weighted by atomic mass is 10.0. The minimum absolute atomic E-state index is 0.0361. The maximum Gasteiger partial charge on any atom is 0.252 e. The smallest absolute Gasteiger partial charge is 0.252 e. The lowest BCUT2D eigenvalue weighted by molar-refractivity contribution is -0.114. The highest BCUT2D eigenvalue weighted by Gasteiger charge is 2.20. The zero-order valence-electron chi connectivity index (χ0n) is 16.8. The Morgan fingerprint density at radius 2 is 1.72 bits per heavy atom. The van der Waals surface area contributed by atoms with Crippen LogP contribution in [0.5, 0.6) is 0 Å². The van der Waals surface area contributed by atoms with E-state index in [1.54, 1.807) is 0 Å². The van der Waals surface area contributed by atoms with E-state index in [1.807, 2.05) is 55.5 Å². The van der Waals surface area contributed by atoms with Crippen LogP contribution in [0.2, 0.25) is 0 Å². The van der Waals surface area contributed by atoms with Gasteiger partial charge in [-0.25, -0.2) is 4.98 Å². The fourth-order valence-corrected chi connectivity index (χ4v) is 3.94. The number of carbonyl (C=O) groups excluding carboxylic acids is 2. The predicted octanol–water partition coefficient (Wildman–Crippen LogP) is 4.84. The second kappa shape index (κ2) is 8.03. The highest BCUT2D eigenvalue weighted by molar-refractivity contribution is 6.07. The number of fused-ring (bicyclic) bond motifs is 1. The number of amides is 2. The zero-order valence-corrected chi connectivity index (χ0v) is 16.8. The van der Waals surface area contributed by atoms with Gasteiger partial charge in [0.05, 0.1) is 16.8 Å². The van der Waals surface area contributed by atoms with Crippen LogP contribution in [0, 0.1) is 6.92 Å². The van der Waals surface area contributed by atoms with E-state index in [1.165, 1.54) is 19.8 Å². The molecule has 0 radical (unpaired) electrons. The summed E-state index contributed by atoms with van der Waals surface area (Å²) in [6, 6.07) is 15.6. The van der Waals surface area contributed by atoms with Gasteiger partial charge in [-0.1, -0.05) is 36.6 Å². The monoisotopic (exact) mass is 387 g/mol. The molecule has 5 nitrogen and oxygen atoms in total. The molecule has 4 rings (SSSR count). The molecule has 0 saturated heterocycles. The van der Waals surface area contributed by atoms with Gasteiger partial charge in [-0.2, -0.15) is 0 Å². The maximum atomic E-state index is 13.1. The SMILES string of the molecule is CC(=O)Nc1ccc(-c2cc(C(=O)NC3CCCC3)c3cc(C)ccc3n2)cc1. The number of hydrogen-bond acceptors (Lipinski definition) is 3. The second-order valence-corrected chi connectivity index (χ2v) is 7.79. The first-order valence-electron chi connectivity index (χ1n) is 10.1. The minimum atomic E-state index is -0.109. The van der Waals surface area contributed by atoms with Gasteiger partial charge >= 0.3 is 0 Å². The highest BCUT2D eigenvalue weighted by Crippen LogP contribution is 2.27. The number of nitrogens with one attached hydrogen (secondary N) is 2. The van der Waals surface area contributed by atoms with Gasteiger partial charge in [0.1, 0.15) is 0 Å². The number of benzene rings is 2. The Hall–Kier alpha value is -3.21. The molecule has 0 bridgehead atoms. The molecule has 1 aliphatic rings. The summed E-state index contributed by atoms with van der Waals surface area (Å²) in [6.45, 7) is 3.50. The summed E-state index contributed by atoms with van der Waals surface area (Å²) in [7, 11) is 0. The van der Waals surface area contributed by atoms with Gasteiger partial charge in [-0.05, 0) is 50.1 Å². The molecule has 0 aliphatic heterocycles. The van der Waals surface area contributed by atoms with E-state index in [0.717, 1.165) is 46.3 Å². The van der Waals surface area contributed by atoms with Crippen LogP contribution in [0.25, 0.3) is 22.2 Å². The lowest BCUT2D eigenvalue weighted by Crippen LogP contribution is -2.32. The number of hydrogen-bond donors (Lipinski definition) is 2. The highest BCUT2D eigenvalue weighted by atomic mass is 16.2. The van der Waals surface area contributed by atoms with Gasteiger partial charge in [-0.3, -0.25) is 9.59 Å². The minimum Gasteiger partial charge on any atom is -0.349 e. The van der Waals surface area contributed by atoms with Gasteiger partial charge in [0.15, 0.2) is 0 Å². The van der Waals surface area contributed by atoms with Gasteiger partial charge in [0, 0.05) is 29.6 Å². The van der Waals surface area contributed by atoms with Crippen LogP contribution in [0.4, 0.5) is 5.69 Å². The molecule has 29 heavy (non-hydrogen) atoms. The number of anilines is 1. The second-order valence-electron chi connectivity index (χ2n) is 7.79. The van der Waals surface area contributed by atoms with Gasteiger partial charge in [-0.15, -0.1) is 0 Å². The van der Waals surface area contributed by atoms with Crippen molar-refractivity contribution in [2.75, 3.05) is 5.32 Å². The molecule has 3 aromatic rings. The van der Waals surface area contributed by atoms with Crippen LogP contribution >= 0.6 is 0 Å². The molecule has 5 heteroatoms. The van der Waals surface area contributed by atoms with Crippen LogP contribution < -0.4 is 10.6 Å². The number of rotatable bonds is 4. The number of aromatic nitrogens is 1. The first-order chi connectivity index (χ1) is 14.0. The summed E-state index contributed by atoms with van der Waals surface area (Å²) in [4.78, 5) is 29.1.